The van der Waals surface area contributed by atoms with Crippen molar-refractivity contribution in [3.8, 4) is 0 Å². The Kier molecular flexibility index (Phi) is 7.41. The fraction of sp³-hybridized carbons (Fsp3) is 1.00. The summed E-state index contributed by atoms with van der Waals surface area (Å²) < 4.78 is 0. The molecule has 0 aliphatic carbocycles. The van der Waals surface area contributed by atoms with Crippen molar-refractivity contribution < 1.29 is 0 Å². The summed E-state index contributed by atoms with van der Waals surface area (Å²) in [5, 5.41) is 0. The van der Waals surface area contributed by atoms with Gasteiger partial charge in [-0.15, -0.1) is 0 Å². The van der Waals surface area contributed by atoms with Crippen molar-refractivity contribution in [3.63, 3.8) is 0 Å². The second kappa shape index (κ2) is 7.41. The van der Waals surface area contributed by atoms with Gasteiger partial charge in [-0.05, 0) is 24.2 Å². The average molecular weight is 184 g/mol. The third-order valence-corrected chi connectivity index (χ3v) is 3.44. The molecule has 0 heterocycles. The predicted octanol–water partition coefficient (Wildman–Crippen LogP) is 4.89. The molecule has 13 heavy (non-hydrogen) atoms. The summed E-state index contributed by atoms with van der Waals surface area (Å²) in [7, 11) is 0. The Labute approximate surface area is 85.1 Å². The van der Waals surface area contributed by atoms with Crippen LogP contribution in [-0.4, -0.2) is 0 Å². The van der Waals surface area contributed by atoms with Crippen LogP contribution < -0.4 is 0 Å². The van der Waals surface area contributed by atoms with E-state index in [4.69, 9.17) is 0 Å². The summed E-state index contributed by atoms with van der Waals surface area (Å²) in [4.78, 5) is 0. The standard InChI is InChI=1S/C13H28/c1-6-8-9-11(3)10-13(5)12(4)7-2/h11-13H,6-10H2,1-5H3. The molecule has 0 radical (unpaired) electrons. The van der Waals surface area contributed by atoms with Crippen molar-refractivity contribution >= 4 is 0 Å². The van der Waals surface area contributed by atoms with Crippen LogP contribution in [0.2, 0.25) is 0 Å². The van der Waals surface area contributed by atoms with E-state index in [0.29, 0.717) is 0 Å². The zero-order valence-electron chi connectivity index (χ0n) is 10.3. The van der Waals surface area contributed by atoms with E-state index < -0.39 is 0 Å². The van der Waals surface area contributed by atoms with Gasteiger partial charge in [0, 0.05) is 0 Å². The molecule has 0 saturated heterocycles. The van der Waals surface area contributed by atoms with Crippen molar-refractivity contribution in [2.45, 2.75) is 66.7 Å². The lowest BCUT2D eigenvalue weighted by molar-refractivity contribution is 0.296. The van der Waals surface area contributed by atoms with E-state index in [1.54, 1.807) is 0 Å². The van der Waals surface area contributed by atoms with Gasteiger partial charge in [0.25, 0.3) is 0 Å². The monoisotopic (exact) mass is 184 g/mol. The summed E-state index contributed by atoms with van der Waals surface area (Å²) >= 11 is 0. The molecular formula is C13H28. The van der Waals surface area contributed by atoms with Gasteiger partial charge in [0.2, 0.25) is 0 Å². The molecule has 0 bridgehead atoms. The Hall–Kier alpha value is 0. The molecule has 0 N–H and O–H groups in total. The molecule has 0 aliphatic rings. The van der Waals surface area contributed by atoms with E-state index in [2.05, 4.69) is 34.6 Å². The number of unbranched alkanes of at least 4 members (excludes halogenated alkanes) is 1. The maximum Gasteiger partial charge on any atom is -0.0415 e. The Morgan fingerprint density at radius 3 is 2.00 bits per heavy atom. The molecule has 3 atom stereocenters. The first-order valence-electron chi connectivity index (χ1n) is 6.11. The first kappa shape index (κ1) is 13.0. The SMILES string of the molecule is CCCCC(C)CC(C)C(C)CC. The molecule has 0 saturated carbocycles. The lowest BCUT2D eigenvalue weighted by atomic mass is 9.84. The zero-order valence-corrected chi connectivity index (χ0v) is 10.3. The third-order valence-electron chi connectivity index (χ3n) is 3.44. The van der Waals surface area contributed by atoms with Crippen LogP contribution in [0.1, 0.15) is 66.7 Å². The molecule has 80 valence electrons. The summed E-state index contributed by atoms with van der Waals surface area (Å²) in [6, 6.07) is 0. The quantitative estimate of drug-likeness (QED) is 0.528. The molecule has 0 aromatic heterocycles. The highest BCUT2D eigenvalue weighted by Crippen LogP contribution is 2.24. The van der Waals surface area contributed by atoms with Gasteiger partial charge in [0.05, 0.1) is 0 Å². The molecule has 0 amide bonds. The minimum Gasteiger partial charge on any atom is -0.0654 e. The van der Waals surface area contributed by atoms with Crippen molar-refractivity contribution in [2.24, 2.45) is 17.8 Å². The van der Waals surface area contributed by atoms with Crippen molar-refractivity contribution in [1.29, 1.82) is 0 Å². The number of rotatable bonds is 7. The zero-order chi connectivity index (χ0) is 10.3. The summed E-state index contributed by atoms with van der Waals surface area (Å²) in [5.74, 6) is 2.75. The molecule has 0 aromatic carbocycles. The number of hydrogen-bond donors (Lipinski definition) is 0. The van der Waals surface area contributed by atoms with Crippen LogP contribution in [0.5, 0.6) is 0 Å². The largest absolute Gasteiger partial charge is 0.0654 e. The molecule has 0 heteroatoms. The molecule has 0 rings (SSSR count). The highest BCUT2D eigenvalue weighted by Gasteiger charge is 2.13. The topological polar surface area (TPSA) is 0 Å². The van der Waals surface area contributed by atoms with Crippen LogP contribution >= 0.6 is 0 Å². The minimum atomic E-state index is 0.907. The van der Waals surface area contributed by atoms with Gasteiger partial charge in [-0.25, -0.2) is 0 Å². The Morgan fingerprint density at radius 1 is 0.923 bits per heavy atom. The van der Waals surface area contributed by atoms with Gasteiger partial charge < -0.3 is 0 Å². The molecule has 0 nitrogen and oxygen atoms in total. The molecule has 0 aromatic rings. The van der Waals surface area contributed by atoms with Crippen LogP contribution in [0.4, 0.5) is 0 Å². The average Bonchev–Trinajstić information content (AvgIpc) is 2.13. The van der Waals surface area contributed by atoms with E-state index >= 15 is 0 Å². The Morgan fingerprint density at radius 2 is 1.54 bits per heavy atom. The summed E-state index contributed by atoms with van der Waals surface area (Å²) in [6.07, 6.45) is 6.95. The highest BCUT2D eigenvalue weighted by molar-refractivity contribution is 4.64. The van der Waals surface area contributed by atoms with E-state index in [1.807, 2.05) is 0 Å². The van der Waals surface area contributed by atoms with Gasteiger partial charge in [-0.1, -0.05) is 60.3 Å². The summed E-state index contributed by atoms with van der Waals surface area (Å²) in [6.45, 7) is 11.8. The molecule has 0 spiro atoms. The number of hydrogen-bond acceptors (Lipinski definition) is 0. The Bertz CT molecular complexity index is 107. The van der Waals surface area contributed by atoms with Gasteiger partial charge in [-0.2, -0.15) is 0 Å². The van der Waals surface area contributed by atoms with E-state index in [1.165, 1.54) is 32.1 Å². The minimum absolute atomic E-state index is 0.907. The second-order valence-corrected chi connectivity index (χ2v) is 4.85. The fourth-order valence-electron chi connectivity index (χ4n) is 1.94. The van der Waals surface area contributed by atoms with Crippen LogP contribution in [-0.2, 0) is 0 Å². The van der Waals surface area contributed by atoms with Gasteiger partial charge >= 0.3 is 0 Å². The summed E-state index contributed by atoms with van der Waals surface area (Å²) in [5.41, 5.74) is 0. The molecular weight excluding hydrogens is 156 g/mol. The van der Waals surface area contributed by atoms with Crippen LogP contribution in [0, 0.1) is 17.8 Å². The van der Waals surface area contributed by atoms with E-state index in [0.717, 1.165) is 17.8 Å². The maximum atomic E-state index is 2.41. The third kappa shape index (κ3) is 6.12. The molecule has 3 unspecified atom stereocenters. The first-order valence-corrected chi connectivity index (χ1v) is 6.11. The normalized spacial score (nSPS) is 18.2. The highest BCUT2D eigenvalue weighted by atomic mass is 14.2. The first-order chi connectivity index (χ1) is 6.11. The van der Waals surface area contributed by atoms with Gasteiger partial charge in [0.1, 0.15) is 0 Å². The lowest BCUT2D eigenvalue weighted by Gasteiger charge is -2.22. The van der Waals surface area contributed by atoms with Crippen molar-refractivity contribution in [1.82, 2.24) is 0 Å². The van der Waals surface area contributed by atoms with Crippen LogP contribution in [0.15, 0.2) is 0 Å². The van der Waals surface area contributed by atoms with Crippen molar-refractivity contribution in [3.05, 3.63) is 0 Å². The Balaban J connectivity index is 3.57. The molecule has 0 fully saturated rings. The maximum absolute atomic E-state index is 2.41. The smallest absolute Gasteiger partial charge is 0.0415 e. The predicted molar refractivity (Wildman–Crippen MR) is 61.9 cm³/mol. The fourth-order valence-corrected chi connectivity index (χ4v) is 1.94. The van der Waals surface area contributed by atoms with Crippen molar-refractivity contribution in [2.75, 3.05) is 0 Å². The van der Waals surface area contributed by atoms with Crippen LogP contribution in [0.3, 0.4) is 0 Å². The van der Waals surface area contributed by atoms with E-state index in [-0.39, 0.29) is 0 Å². The van der Waals surface area contributed by atoms with Gasteiger partial charge in [0.15, 0.2) is 0 Å². The molecule has 0 aliphatic heterocycles. The lowest BCUT2D eigenvalue weighted by Crippen LogP contribution is -2.11. The van der Waals surface area contributed by atoms with Gasteiger partial charge in [-0.3, -0.25) is 0 Å². The second-order valence-electron chi connectivity index (χ2n) is 4.85. The van der Waals surface area contributed by atoms with Crippen LogP contribution in [0.25, 0.3) is 0 Å². The van der Waals surface area contributed by atoms with E-state index in [9.17, 15) is 0 Å².